The zero-order valence-corrected chi connectivity index (χ0v) is 12.8. The smallest absolute Gasteiger partial charge is 0.358 e. The van der Waals surface area contributed by atoms with E-state index in [1.807, 2.05) is 6.92 Å². The van der Waals surface area contributed by atoms with E-state index in [4.69, 9.17) is 4.74 Å². The van der Waals surface area contributed by atoms with Crippen LogP contribution in [0, 0.1) is 10.1 Å². The third kappa shape index (κ3) is 2.93. The van der Waals surface area contributed by atoms with Crippen molar-refractivity contribution < 1.29 is 14.5 Å². The lowest BCUT2D eigenvalue weighted by Crippen LogP contribution is -2.07. The van der Waals surface area contributed by atoms with Crippen LogP contribution in [0.3, 0.4) is 0 Å². The maximum atomic E-state index is 11.9. The molecule has 24 heavy (non-hydrogen) atoms. The van der Waals surface area contributed by atoms with Crippen molar-refractivity contribution in [3.8, 4) is 11.3 Å². The van der Waals surface area contributed by atoms with E-state index in [1.165, 1.54) is 23.0 Å². The van der Waals surface area contributed by atoms with Gasteiger partial charge in [-0.3, -0.25) is 15.2 Å². The third-order valence-electron chi connectivity index (χ3n) is 3.36. The minimum atomic E-state index is -0.539. The summed E-state index contributed by atoms with van der Waals surface area (Å²) in [6.07, 6.45) is 5.81. The van der Waals surface area contributed by atoms with Crippen LogP contribution in [0.1, 0.15) is 30.3 Å². The standard InChI is InChI=1S/C14H14N6O4/c1-2-3-4-24-14(21)10-5-12-15-6-9(8-19(12)18-10)13-11(20(22)23)7-16-17-13/h5-8H,2-4H2,1H3,(H,16,17). The molecule has 10 nitrogen and oxygen atoms in total. The van der Waals surface area contributed by atoms with Gasteiger partial charge < -0.3 is 4.74 Å². The van der Waals surface area contributed by atoms with Crippen LogP contribution in [-0.2, 0) is 4.74 Å². The summed E-state index contributed by atoms with van der Waals surface area (Å²) >= 11 is 0. The summed E-state index contributed by atoms with van der Waals surface area (Å²) in [4.78, 5) is 26.5. The average Bonchev–Trinajstić information content (AvgIpc) is 3.21. The first-order chi connectivity index (χ1) is 11.6. The fourth-order valence-corrected chi connectivity index (χ4v) is 2.12. The van der Waals surface area contributed by atoms with Crippen molar-refractivity contribution in [3.05, 3.63) is 40.5 Å². The summed E-state index contributed by atoms with van der Waals surface area (Å²) in [6, 6.07) is 1.50. The number of nitrogens with zero attached hydrogens (tertiary/aromatic N) is 5. The molecule has 10 heteroatoms. The molecule has 124 valence electrons. The van der Waals surface area contributed by atoms with Crippen molar-refractivity contribution in [1.82, 2.24) is 24.8 Å². The highest BCUT2D eigenvalue weighted by Gasteiger charge is 2.19. The molecule has 0 amide bonds. The Morgan fingerprint density at radius 3 is 3.04 bits per heavy atom. The highest BCUT2D eigenvalue weighted by Crippen LogP contribution is 2.26. The number of fused-ring (bicyclic) bond motifs is 1. The zero-order valence-electron chi connectivity index (χ0n) is 12.8. The molecule has 3 aromatic heterocycles. The molecule has 0 aliphatic rings. The van der Waals surface area contributed by atoms with Gasteiger partial charge in [0.1, 0.15) is 11.9 Å². The van der Waals surface area contributed by atoms with Crippen molar-refractivity contribution >= 4 is 17.3 Å². The number of aromatic nitrogens is 5. The molecule has 0 aromatic carbocycles. The molecule has 0 aliphatic carbocycles. The van der Waals surface area contributed by atoms with Crippen LogP contribution in [0.4, 0.5) is 5.69 Å². The summed E-state index contributed by atoms with van der Waals surface area (Å²) in [5.74, 6) is -0.525. The van der Waals surface area contributed by atoms with Crippen LogP contribution in [0.5, 0.6) is 0 Å². The predicted octanol–water partition coefficient (Wildman–Crippen LogP) is 1.98. The molecule has 0 bridgehead atoms. The molecule has 0 fully saturated rings. The van der Waals surface area contributed by atoms with E-state index in [1.54, 1.807) is 0 Å². The molecule has 3 aromatic rings. The van der Waals surface area contributed by atoms with Gasteiger partial charge in [0, 0.05) is 24.0 Å². The number of ether oxygens (including phenoxy) is 1. The topological polar surface area (TPSA) is 128 Å². The molecular formula is C14H14N6O4. The highest BCUT2D eigenvalue weighted by molar-refractivity contribution is 5.88. The van der Waals surface area contributed by atoms with E-state index < -0.39 is 10.9 Å². The second-order valence-electron chi connectivity index (χ2n) is 5.05. The van der Waals surface area contributed by atoms with Gasteiger partial charge in [0.15, 0.2) is 11.3 Å². The molecule has 0 atom stereocenters. The van der Waals surface area contributed by atoms with Crippen molar-refractivity contribution in [1.29, 1.82) is 0 Å². The van der Waals surface area contributed by atoms with Crippen LogP contribution < -0.4 is 0 Å². The molecule has 0 aliphatic heterocycles. The maximum Gasteiger partial charge on any atom is 0.358 e. The minimum absolute atomic E-state index is 0.134. The van der Waals surface area contributed by atoms with E-state index in [0.717, 1.165) is 19.0 Å². The zero-order chi connectivity index (χ0) is 17.1. The number of esters is 1. The Labute approximate surface area is 135 Å². The second-order valence-corrected chi connectivity index (χ2v) is 5.05. The first-order valence-corrected chi connectivity index (χ1v) is 7.31. The third-order valence-corrected chi connectivity index (χ3v) is 3.36. The Morgan fingerprint density at radius 2 is 2.29 bits per heavy atom. The lowest BCUT2D eigenvalue weighted by Gasteiger charge is -2.00. The minimum Gasteiger partial charge on any atom is -0.461 e. The number of unbranched alkanes of at least 4 members (excludes halogenated alkanes) is 1. The van der Waals surface area contributed by atoms with E-state index >= 15 is 0 Å². The van der Waals surface area contributed by atoms with Gasteiger partial charge in [0.25, 0.3) is 0 Å². The first kappa shape index (κ1) is 15.6. The Kier molecular flexibility index (Phi) is 4.18. The number of nitrogens with one attached hydrogen (secondary N) is 1. The predicted molar refractivity (Wildman–Crippen MR) is 82.4 cm³/mol. The van der Waals surface area contributed by atoms with Crippen molar-refractivity contribution in [3.63, 3.8) is 0 Å². The Hall–Kier alpha value is -3.30. The van der Waals surface area contributed by atoms with Crippen molar-refractivity contribution in [2.45, 2.75) is 19.8 Å². The van der Waals surface area contributed by atoms with Gasteiger partial charge in [-0.2, -0.15) is 10.2 Å². The average molecular weight is 330 g/mol. The van der Waals surface area contributed by atoms with Crippen LogP contribution >= 0.6 is 0 Å². The number of aromatic amines is 1. The van der Waals surface area contributed by atoms with E-state index in [2.05, 4.69) is 20.3 Å². The highest BCUT2D eigenvalue weighted by atomic mass is 16.6. The van der Waals surface area contributed by atoms with E-state index in [0.29, 0.717) is 17.8 Å². The molecule has 0 saturated carbocycles. The van der Waals surface area contributed by atoms with Gasteiger partial charge in [-0.05, 0) is 6.42 Å². The van der Waals surface area contributed by atoms with Crippen molar-refractivity contribution in [2.24, 2.45) is 0 Å². The Bertz CT molecular complexity index is 900. The number of H-pyrrole nitrogens is 1. The largest absolute Gasteiger partial charge is 0.461 e. The van der Waals surface area contributed by atoms with Gasteiger partial charge in [-0.1, -0.05) is 13.3 Å². The Balaban J connectivity index is 1.90. The molecule has 3 rings (SSSR count). The van der Waals surface area contributed by atoms with Crippen LogP contribution in [0.25, 0.3) is 16.9 Å². The van der Waals surface area contributed by atoms with Crippen LogP contribution in [-0.4, -0.2) is 42.3 Å². The molecule has 0 radical (unpaired) electrons. The molecule has 0 saturated heterocycles. The van der Waals surface area contributed by atoms with Gasteiger partial charge in [0.05, 0.1) is 11.5 Å². The van der Waals surface area contributed by atoms with Crippen molar-refractivity contribution in [2.75, 3.05) is 6.61 Å². The monoisotopic (exact) mass is 330 g/mol. The maximum absolute atomic E-state index is 11.9. The van der Waals surface area contributed by atoms with E-state index in [9.17, 15) is 14.9 Å². The number of rotatable bonds is 6. The molecule has 0 unspecified atom stereocenters. The van der Waals surface area contributed by atoms with Gasteiger partial charge in [-0.25, -0.2) is 14.3 Å². The lowest BCUT2D eigenvalue weighted by molar-refractivity contribution is -0.384. The Morgan fingerprint density at radius 1 is 1.46 bits per heavy atom. The van der Waals surface area contributed by atoms with Gasteiger partial charge in [-0.15, -0.1) is 0 Å². The summed E-state index contributed by atoms with van der Waals surface area (Å²) in [5, 5.41) is 21.3. The quantitative estimate of drug-likeness (QED) is 0.316. The number of carbonyl (C=O) groups is 1. The summed E-state index contributed by atoms with van der Waals surface area (Å²) in [5.41, 5.74) is 1.05. The summed E-state index contributed by atoms with van der Waals surface area (Å²) in [6.45, 7) is 2.33. The van der Waals surface area contributed by atoms with Gasteiger partial charge >= 0.3 is 11.7 Å². The van der Waals surface area contributed by atoms with Gasteiger partial charge in [0.2, 0.25) is 0 Å². The number of hydrogen-bond acceptors (Lipinski definition) is 7. The number of hydrogen-bond donors (Lipinski definition) is 1. The van der Waals surface area contributed by atoms with E-state index in [-0.39, 0.29) is 17.1 Å². The molecule has 3 heterocycles. The first-order valence-electron chi connectivity index (χ1n) is 7.31. The molecular weight excluding hydrogens is 316 g/mol. The summed E-state index contributed by atoms with van der Waals surface area (Å²) in [7, 11) is 0. The normalized spacial score (nSPS) is 10.9. The molecule has 0 spiro atoms. The molecule has 1 N–H and O–H groups in total. The SMILES string of the molecule is CCCCOC(=O)c1cc2ncc(-c3[nH]ncc3[N+](=O)[O-])cn2n1. The summed E-state index contributed by atoms with van der Waals surface area (Å²) < 4.78 is 6.47. The second kappa shape index (κ2) is 6.44. The lowest BCUT2D eigenvalue weighted by atomic mass is 10.2. The van der Waals surface area contributed by atoms with Crippen LogP contribution in [0.15, 0.2) is 24.7 Å². The number of nitro groups is 1. The van der Waals surface area contributed by atoms with Crippen LogP contribution in [0.2, 0.25) is 0 Å². The fourth-order valence-electron chi connectivity index (χ4n) is 2.12. The fraction of sp³-hybridized carbons (Fsp3) is 0.286. The number of carbonyl (C=O) groups excluding carboxylic acids is 1.